The van der Waals surface area contributed by atoms with Crippen LogP contribution >= 0.6 is 22.6 Å². The molecule has 3 N–H and O–H groups in total. The van der Waals surface area contributed by atoms with Gasteiger partial charge >= 0.3 is 0 Å². The van der Waals surface area contributed by atoms with Crippen molar-refractivity contribution in [2.75, 3.05) is 10.5 Å². The standard InChI is InChI=1S/C25H23F2IN2O3S/c1-2-8-25(9-10-25)34(31,32)30-24-17(11-16-6-7-19(28)14-22(16)27)12-18(26)13-23(24)33-21-5-3-4-20(29)15-21/h2-7,12-15,30H,1,8-11,29H2. The molecule has 0 atom stereocenters. The first-order valence-electron chi connectivity index (χ1n) is 10.6. The summed E-state index contributed by atoms with van der Waals surface area (Å²) >= 11 is 2.00. The summed E-state index contributed by atoms with van der Waals surface area (Å²) in [5.74, 6) is -0.835. The number of nitrogen functional groups attached to an aromatic ring is 1. The van der Waals surface area contributed by atoms with Crippen LogP contribution in [-0.4, -0.2) is 13.2 Å². The van der Waals surface area contributed by atoms with Gasteiger partial charge in [-0.1, -0.05) is 18.2 Å². The lowest BCUT2D eigenvalue weighted by Crippen LogP contribution is -2.30. The molecule has 9 heteroatoms. The molecule has 5 nitrogen and oxygen atoms in total. The molecule has 3 aromatic carbocycles. The number of ether oxygens (including phenoxy) is 1. The summed E-state index contributed by atoms with van der Waals surface area (Å²) in [5.41, 5.74) is 6.87. The van der Waals surface area contributed by atoms with E-state index in [1.54, 1.807) is 42.5 Å². The highest BCUT2D eigenvalue weighted by Crippen LogP contribution is 2.48. The van der Waals surface area contributed by atoms with Crippen LogP contribution in [0.1, 0.15) is 30.4 Å². The molecule has 0 aromatic heterocycles. The van der Waals surface area contributed by atoms with Gasteiger partial charge in [0.05, 0.1) is 10.4 Å². The Labute approximate surface area is 211 Å². The fourth-order valence-electron chi connectivity index (χ4n) is 3.77. The van der Waals surface area contributed by atoms with Crippen molar-refractivity contribution < 1.29 is 21.9 Å². The smallest absolute Gasteiger partial charge is 0.238 e. The highest BCUT2D eigenvalue weighted by Gasteiger charge is 2.53. The molecule has 34 heavy (non-hydrogen) atoms. The van der Waals surface area contributed by atoms with Crippen molar-refractivity contribution in [3.63, 3.8) is 0 Å². The molecule has 0 radical (unpaired) electrons. The minimum Gasteiger partial charge on any atom is -0.455 e. The van der Waals surface area contributed by atoms with E-state index in [2.05, 4.69) is 11.3 Å². The van der Waals surface area contributed by atoms with E-state index in [4.69, 9.17) is 10.5 Å². The van der Waals surface area contributed by atoms with E-state index >= 15 is 0 Å². The van der Waals surface area contributed by atoms with Crippen LogP contribution in [0.3, 0.4) is 0 Å². The van der Waals surface area contributed by atoms with Crippen molar-refractivity contribution in [3.8, 4) is 11.5 Å². The number of hydrogen-bond acceptors (Lipinski definition) is 4. The van der Waals surface area contributed by atoms with Gasteiger partial charge in [-0.3, -0.25) is 4.72 Å². The zero-order valence-electron chi connectivity index (χ0n) is 18.2. The van der Waals surface area contributed by atoms with Crippen LogP contribution in [0.4, 0.5) is 20.2 Å². The van der Waals surface area contributed by atoms with Crippen LogP contribution in [0.5, 0.6) is 11.5 Å². The Balaban J connectivity index is 1.81. The van der Waals surface area contributed by atoms with Gasteiger partial charge in [-0.25, -0.2) is 17.2 Å². The second kappa shape index (κ2) is 9.53. The fraction of sp³-hybridized carbons (Fsp3) is 0.200. The number of nitrogens with one attached hydrogen (secondary N) is 1. The summed E-state index contributed by atoms with van der Waals surface area (Å²) in [4.78, 5) is 0. The molecule has 1 saturated carbocycles. The maximum Gasteiger partial charge on any atom is 0.238 e. The highest BCUT2D eigenvalue weighted by atomic mass is 127. The molecule has 0 heterocycles. The molecule has 0 amide bonds. The van der Waals surface area contributed by atoms with Gasteiger partial charge < -0.3 is 10.5 Å². The van der Waals surface area contributed by atoms with Gasteiger partial charge in [0, 0.05) is 27.8 Å². The van der Waals surface area contributed by atoms with Crippen molar-refractivity contribution in [2.24, 2.45) is 0 Å². The van der Waals surface area contributed by atoms with Crippen LogP contribution in [0.2, 0.25) is 0 Å². The molecular weight excluding hydrogens is 573 g/mol. The Hall–Kier alpha value is -2.66. The normalized spacial score (nSPS) is 14.4. The second-order valence-corrected chi connectivity index (χ2v) is 11.6. The molecule has 178 valence electrons. The molecule has 3 aromatic rings. The van der Waals surface area contributed by atoms with Crippen LogP contribution in [0, 0.1) is 15.2 Å². The Bertz CT molecular complexity index is 1360. The van der Waals surface area contributed by atoms with Crippen LogP contribution < -0.4 is 15.2 Å². The monoisotopic (exact) mass is 596 g/mol. The average molecular weight is 596 g/mol. The predicted octanol–water partition coefficient (Wildman–Crippen LogP) is 6.39. The number of benzene rings is 3. The first-order chi connectivity index (χ1) is 16.1. The van der Waals surface area contributed by atoms with E-state index in [-0.39, 0.29) is 29.8 Å². The first kappa shape index (κ1) is 24.5. The lowest BCUT2D eigenvalue weighted by molar-refractivity contribution is 0.478. The maximum absolute atomic E-state index is 14.7. The van der Waals surface area contributed by atoms with Gasteiger partial charge in [0.25, 0.3) is 0 Å². The van der Waals surface area contributed by atoms with Gasteiger partial charge in [-0.15, -0.1) is 6.58 Å². The number of sulfonamides is 1. The largest absolute Gasteiger partial charge is 0.455 e. The zero-order chi connectivity index (χ0) is 24.5. The molecule has 0 spiro atoms. The molecular formula is C25H23F2IN2O3S. The lowest BCUT2D eigenvalue weighted by Gasteiger charge is -2.21. The van der Waals surface area contributed by atoms with Crippen LogP contribution in [0.15, 0.2) is 67.3 Å². The predicted molar refractivity (Wildman–Crippen MR) is 139 cm³/mol. The van der Waals surface area contributed by atoms with Gasteiger partial charge in [-0.2, -0.15) is 0 Å². The van der Waals surface area contributed by atoms with Gasteiger partial charge in [0.2, 0.25) is 10.0 Å². The Morgan fingerprint density at radius 2 is 1.88 bits per heavy atom. The summed E-state index contributed by atoms with van der Waals surface area (Å²) in [6.45, 7) is 3.67. The highest BCUT2D eigenvalue weighted by molar-refractivity contribution is 14.1. The second-order valence-electron chi connectivity index (χ2n) is 8.31. The average Bonchev–Trinajstić information content (AvgIpc) is 3.54. The number of allylic oxidation sites excluding steroid dienone is 1. The van der Waals surface area contributed by atoms with Gasteiger partial charge in [-0.05, 0) is 83.3 Å². The van der Waals surface area contributed by atoms with Crippen molar-refractivity contribution in [3.05, 3.63) is 93.6 Å². The van der Waals surface area contributed by atoms with Crippen LogP contribution in [-0.2, 0) is 16.4 Å². The third-order valence-corrected chi connectivity index (χ3v) is 8.62. The zero-order valence-corrected chi connectivity index (χ0v) is 21.1. The number of hydrogen-bond donors (Lipinski definition) is 2. The lowest BCUT2D eigenvalue weighted by atomic mass is 10.0. The first-order valence-corrected chi connectivity index (χ1v) is 13.1. The fourth-order valence-corrected chi connectivity index (χ4v) is 5.92. The third kappa shape index (κ3) is 5.20. The van der Waals surface area contributed by atoms with Crippen molar-refractivity contribution in [1.29, 1.82) is 0 Å². The summed E-state index contributed by atoms with van der Waals surface area (Å²) in [6.07, 6.45) is 2.79. The maximum atomic E-state index is 14.7. The summed E-state index contributed by atoms with van der Waals surface area (Å²) in [6, 6.07) is 13.5. The van der Waals surface area contributed by atoms with E-state index in [1.165, 1.54) is 12.1 Å². The molecule has 0 bridgehead atoms. The van der Waals surface area contributed by atoms with Crippen molar-refractivity contribution in [2.45, 2.75) is 30.4 Å². The quantitative estimate of drug-likeness (QED) is 0.171. The number of anilines is 2. The molecule has 0 unspecified atom stereocenters. The summed E-state index contributed by atoms with van der Waals surface area (Å²) in [5, 5.41) is 0. The van der Waals surface area contributed by atoms with Crippen molar-refractivity contribution in [1.82, 2.24) is 0 Å². The molecule has 0 saturated heterocycles. The Morgan fingerprint density at radius 1 is 1.12 bits per heavy atom. The van der Waals surface area contributed by atoms with E-state index in [0.29, 0.717) is 33.4 Å². The minimum absolute atomic E-state index is 0.0375. The minimum atomic E-state index is -3.87. The van der Waals surface area contributed by atoms with E-state index in [1.807, 2.05) is 22.6 Å². The van der Waals surface area contributed by atoms with E-state index in [0.717, 1.165) is 6.07 Å². The molecule has 1 fully saturated rings. The molecule has 0 aliphatic heterocycles. The molecule has 1 aliphatic rings. The van der Waals surface area contributed by atoms with E-state index in [9.17, 15) is 17.2 Å². The topological polar surface area (TPSA) is 81.4 Å². The summed E-state index contributed by atoms with van der Waals surface area (Å²) in [7, 11) is -3.87. The van der Waals surface area contributed by atoms with Gasteiger partial charge in [0.15, 0.2) is 5.75 Å². The Kier molecular flexibility index (Phi) is 6.86. The van der Waals surface area contributed by atoms with E-state index < -0.39 is 26.4 Å². The number of halogens is 3. The Morgan fingerprint density at radius 3 is 2.53 bits per heavy atom. The molecule has 1 aliphatic carbocycles. The number of nitrogens with two attached hydrogens (primary N) is 1. The van der Waals surface area contributed by atoms with Crippen molar-refractivity contribution >= 4 is 44.0 Å². The molecule has 4 rings (SSSR count). The van der Waals surface area contributed by atoms with Gasteiger partial charge in [0.1, 0.15) is 17.4 Å². The third-order valence-electron chi connectivity index (χ3n) is 5.76. The number of rotatable bonds is 9. The SMILES string of the molecule is C=CCC1(S(=O)(=O)Nc2c(Cc3ccc(I)cc3F)cc(F)cc2Oc2cccc(N)c2)CC1. The van der Waals surface area contributed by atoms with Crippen LogP contribution in [0.25, 0.3) is 0 Å². The summed E-state index contributed by atoms with van der Waals surface area (Å²) < 4.78 is 64.2.